The van der Waals surface area contributed by atoms with Gasteiger partial charge >= 0.3 is 0 Å². The second-order valence-electron chi connectivity index (χ2n) is 5.27. The molecule has 0 bridgehead atoms. The molecule has 1 heterocycles. The predicted octanol–water partition coefficient (Wildman–Crippen LogP) is 3.96. The molecular weight excluding hydrogens is 280 g/mol. The smallest absolute Gasteiger partial charge is 0.233 e. The van der Waals surface area contributed by atoms with Crippen molar-refractivity contribution in [3.63, 3.8) is 0 Å². The Labute approximate surface area is 126 Å². The number of benzene rings is 2. The van der Waals surface area contributed by atoms with Gasteiger partial charge in [-0.15, -0.1) is 0 Å². The van der Waals surface area contributed by atoms with Gasteiger partial charge in [-0.3, -0.25) is 4.79 Å². The van der Waals surface area contributed by atoms with E-state index >= 15 is 0 Å². The Morgan fingerprint density at radius 3 is 2.86 bits per heavy atom. The van der Waals surface area contributed by atoms with E-state index in [-0.39, 0.29) is 11.8 Å². The van der Waals surface area contributed by atoms with Gasteiger partial charge in [0.15, 0.2) is 5.13 Å². The van der Waals surface area contributed by atoms with Crippen LogP contribution in [0.2, 0.25) is 0 Å². The molecule has 0 aliphatic heterocycles. The van der Waals surface area contributed by atoms with Crippen molar-refractivity contribution in [2.24, 2.45) is 0 Å². The average molecular weight is 294 g/mol. The maximum atomic E-state index is 12.5. The number of fused-ring (bicyclic) bond motifs is 2. The Morgan fingerprint density at radius 1 is 1.14 bits per heavy atom. The standard InChI is InChI=1S/C17H14N2OS/c20-16(13-10-9-11-5-1-2-6-12(11)13)19-17-18-14-7-3-4-8-15(14)21-17/h1-8,13H,9-10H2,(H,18,19,20). The van der Waals surface area contributed by atoms with E-state index in [1.807, 2.05) is 36.4 Å². The summed E-state index contributed by atoms with van der Waals surface area (Å²) in [7, 11) is 0. The van der Waals surface area contributed by atoms with Crippen LogP contribution in [0.5, 0.6) is 0 Å². The average Bonchev–Trinajstić information content (AvgIpc) is 3.10. The minimum Gasteiger partial charge on any atom is -0.301 e. The van der Waals surface area contributed by atoms with Crippen LogP contribution >= 0.6 is 11.3 Å². The van der Waals surface area contributed by atoms with Crippen LogP contribution in [0.1, 0.15) is 23.5 Å². The maximum Gasteiger partial charge on any atom is 0.233 e. The van der Waals surface area contributed by atoms with E-state index in [9.17, 15) is 4.79 Å². The van der Waals surface area contributed by atoms with Gasteiger partial charge in [-0.2, -0.15) is 0 Å². The highest BCUT2D eigenvalue weighted by Gasteiger charge is 2.28. The zero-order chi connectivity index (χ0) is 14.2. The summed E-state index contributed by atoms with van der Waals surface area (Å²) in [5, 5.41) is 3.67. The molecule has 1 aliphatic rings. The van der Waals surface area contributed by atoms with Gasteiger partial charge in [0.05, 0.1) is 16.1 Å². The van der Waals surface area contributed by atoms with Crippen LogP contribution in [0.3, 0.4) is 0 Å². The molecule has 0 saturated heterocycles. The molecular formula is C17H14N2OS. The zero-order valence-electron chi connectivity index (χ0n) is 11.4. The lowest BCUT2D eigenvalue weighted by molar-refractivity contribution is -0.117. The van der Waals surface area contributed by atoms with Gasteiger partial charge in [0, 0.05) is 0 Å². The molecule has 3 aromatic rings. The molecule has 1 aliphatic carbocycles. The van der Waals surface area contributed by atoms with Crippen molar-refractivity contribution in [2.45, 2.75) is 18.8 Å². The number of carbonyl (C=O) groups is 1. The number of amides is 1. The summed E-state index contributed by atoms with van der Waals surface area (Å²) in [6, 6.07) is 16.1. The molecule has 1 aromatic heterocycles. The lowest BCUT2D eigenvalue weighted by atomic mass is 10.0. The first kappa shape index (κ1) is 12.5. The fraction of sp³-hybridized carbons (Fsp3) is 0.176. The van der Waals surface area contributed by atoms with Gasteiger partial charge in [-0.1, -0.05) is 47.7 Å². The third kappa shape index (κ3) is 2.21. The Balaban J connectivity index is 1.59. The fourth-order valence-electron chi connectivity index (χ4n) is 2.95. The summed E-state index contributed by atoms with van der Waals surface area (Å²) in [6.45, 7) is 0. The van der Waals surface area contributed by atoms with Crippen LogP contribution < -0.4 is 5.32 Å². The number of aromatic nitrogens is 1. The molecule has 1 N–H and O–H groups in total. The summed E-state index contributed by atoms with van der Waals surface area (Å²) < 4.78 is 1.10. The van der Waals surface area contributed by atoms with E-state index in [1.54, 1.807) is 0 Å². The summed E-state index contributed by atoms with van der Waals surface area (Å²) >= 11 is 1.52. The molecule has 1 amide bonds. The number of anilines is 1. The van der Waals surface area contributed by atoms with Crippen molar-refractivity contribution < 1.29 is 4.79 Å². The zero-order valence-corrected chi connectivity index (χ0v) is 12.2. The number of hydrogen-bond acceptors (Lipinski definition) is 3. The topological polar surface area (TPSA) is 42.0 Å². The highest BCUT2D eigenvalue weighted by molar-refractivity contribution is 7.22. The molecule has 4 heteroatoms. The van der Waals surface area contributed by atoms with Crippen molar-refractivity contribution in [3.8, 4) is 0 Å². The van der Waals surface area contributed by atoms with E-state index < -0.39 is 0 Å². The largest absolute Gasteiger partial charge is 0.301 e. The second kappa shape index (κ2) is 4.97. The molecule has 3 nitrogen and oxygen atoms in total. The van der Waals surface area contributed by atoms with Gasteiger partial charge in [0.25, 0.3) is 0 Å². The van der Waals surface area contributed by atoms with Crippen LogP contribution in [-0.2, 0) is 11.2 Å². The normalized spacial score (nSPS) is 16.9. The lowest BCUT2D eigenvalue weighted by Crippen LogP contribution is -2.19. The van der Waals surface area contributed by atoms with Crippen molar-refractivity contribution in [1.82, 2.24) is 4.98 Å². The summed E-state index contributed by atoms with van der Waals surface area (Å²) in [5.41, 5.74) is 3.39. The van der Waals surface area contributed by atoms with Crippen LogP contribution in [-0.4, -0.2) is 10.9 Å². The second-order valence-corrected chi connectivity index (χ2v) is 6.30. The molecule has 4 rings (SSSR count). The monoisotopic (exact) mass is 294 g/mol. The van der Waals surface area contributed by atoms with Gasteiger partial charge in [0.1, 0.15) is 0 Å². The molecule has 2 aromatic carbocycles. The lowest BCUT2D eigenvalue weighted by Gasteiger charge is -2.10. The number of hydrogen-bond donors (Lipinski definition) is 1. The van der Waals surface area contributed by atoms with Crippen LogP contribution in [0.4, 0.5) is 5.13 Å². The third-order valence-electron chi connectivity index (χ3n) is 3.97. The molecule has 21 heavy (non-hydrogen) atoms. The van der Waals surface area contributed by atoms with Crippen LogP contribution in [0.15, 0.2) is 48.5 Å². The highest BCUT2D eigenvalue weighted by atomic mass is 32.1. The van der Waals surface area contributed by atoms with Crippen molar-refractivity contribution in [3.05, 3.63) is 59.7 Å². The van der Waals surface area contributed by atoms with Gasteiger partial charge in [-0.05, 0) is 36.1 Å². The van der Waals surface area contributed by atoms with Crippen LogP contribution in [0, 0.1) is 0 Å². The van der Waals surface area contributed by atoms with Crippen LogP contribution in [0.25, 0.3) is 10.2 Å². The number of nitrogens with one attached hydrogen (secondary N) is 1. The Bertz CT molecular complexity index is 791. The Hall–Kier alpha value is -2.20. The maximum absolute atomic E-state index is 12.5. The number of nitrogens with zero attached hydrogens (tertiary/aromatic N) is 1. The quantitative estimate of drug-likeness (QED) is 0.777. The minimum absolute atomic E-state index is 0.0480. The number of carbonyl (C=O) groups excluding carboxylic acids is 1. The first-order valence-corrected chi connectivity index (χ1v) is 7.87. The van der Waals surface area contributed by atoms with Crippen molar-refractivity contribution >= 4 is 32.6 Å². The van der Waals surface area contributed by atoms with Gasteiger partial charge < -0.3 is 5.32 Å². The number of aryl methyl sites for hydroxylation is 1. The van der Waals surface area contributed by atoms with E-state index in [4.69, 9.17) is 0 Å². The highest BCUT2D eigenvalue weighted by Crippen LogP contribution is 2.34. The van der Waals surface area contributed by atoms with Crippen molar-refractivity contribution in [2.75, 3.05) is 5.32 Å². The molecule has 104 valence electrons. The predicted molar refractivity (Wildman–Crippen MR) is 85.8 cm³/mol. The SMILES string of the molecule is O=C(Nc1nc2ccccc2s1)C1CCc2ccccc21. The molecule has 0 radical (unpaired) electrons. The first-order chi connectivity index (χ1) is 10.3. The number of para-hydroxylation sites is 1. The molecule has 0 spiro atoms. The fourth-order valence-corrected chi connectivity index (χ4v) is 3.82. The molecule has 0 fully saturated rings. The number of thiazole rings is 1. The summed E-state index contributed by atoms with van der Waals surface area (Å²) in [5.74, 6) is 0.00668. The molecule has 1 unspecified atom stereocenters. The van der Waals surface area contributed by atoms with E-state index in [0.29, 0.717) is 5.13 Å². The van der Waals surface area contributed by atoms with Gasteiger partial charge in [0.2, 0.25) is 5.91 Å². The first-order valence-electron chi connectivity index (χ1n) is 7.05. The third-order valence-corrected chi connectivity index (χ3v) is 4.93. The van der Waals surface area contributed by atoms with Gasteiger partial charge in [-0.25, -0.2) is 4.98 Å². The summed E-state index contributed by atoms with van der Waals surface area (Å²) in [4.78, 5) is 17.0. The van der Waals surface area contributed by atoms with E-state index in [1.165, 1.54) is 16.9 Å². The minimum atomic E-state index is -0.0480. The molecule has 1 atom stereocenters. The number of rotatable bonds is 2. The van der Waals surface area contributed by atoms with E-state index in [0.717, 1.165) is 28.6 Å². The van der Waals surface area contributed by atoms with E-state index in [2.05, 4.69) is 22.4 Å². The molecule has 0 saturated carbocycles. The van der Waals surface area contributed by atoms with Crippen molar-refractivity contribution in [1.29, 1.82) is 0 Å². The summed E-state index contributed by atoms with van der Waals surface area (Å²) in [6.07, 6.45) is 1.87. The Kier molecular flexibility index (Phi) is 2.97. The Morgan fingerprint density at radius 2 is 1.95 bits per heavy atom.